The van der Waals surface area contributed by atoms with Gasteiger partial charge in [-0.05, 0) is 35.4 Å². The second-order valence-electron chi connectivity index (χ2n) is 6.63. The molecule has 0 unspecified atom stereocenters. The number of rotatable bonds is 5. The lowest BCUT2D eigenvalue weighted by Gasteiger charge is -2.12. The quantitative estimate of drug-likeness (QED) is 0.494. The highest BCUT2D eigenvalue weighted by molar-refractivity contribution is 5.74. The molecule has 4 rings (SSSR count). The predicted molar refractivity (Wildman–Crippen MR) is 110 cm³/mol. The van der Waals surface area contributed by atoms with E-state index >= 15 is 0 Å². The molecule has 0 aliphatic heterocycles. The van der Waals surface area contributed by atoms with Crippen molar-refractivity contribution in [1.29, 1.82) is 0 Å². The van der Waals surface area contributed by atoms with Gasteiger partial charge in [-0.1, -0.05) is 42.5 Å². The van der Waals surface area contributed by atoms with Gasteiger partial charge in [-0.15, -0.1) is 0 Å². The van der Waals surface area contributed by atoms with Crippen LogP contribution in [0.15, 0.2) is 77.7 Å². The van der Waals surface area contributed by atoms with Crippen molar-refractivity contribution >= 4 is 17.1 Å². The maximum atomic E-state index is 13.3. The molecule has 0 saturated carbocycles. The van der Waals surface area contributed by atoms with Crippen molar-refractivity contribution in [2.45, 2.75) is 12.8 Å². The Labute approximate surface area is 167 Å². The van der Waals surface area contributed by atoms with Gasteiger partial charge in [0.15, 0.2) is 5.65 Å². The molecule has 2 heterocycles. The van der Waals surface area contributed by atoms with E-state index in [-0.39, 0.29) is 17.9 Å². The van der Waals surface area contributed by atoms with Crippen LogP contribution < -0.4 is 5.56 Å². The van der Waals surface area contributed by atoms with Crippen LogP contribution in [0.4, 0.5) is 0 Å². The lowest BCUT2D eigenvalue weighted by molar-refractivity contribution is -0.139. The standard InChI is InChI=1S/C23H19N3O3/c1-29-21(27)15-17-9-5-10-18(13-17)26-22-19(11-6-12-24-22)25-20(23(26)28)14-16-7-3-2-4-8-16/h2-13H,14-15H2,1H3. The molecule has 0 saturated heterocycles. The van der Waals surface area contributed by atoms with Crippen molar-refractivity contribution in [2.75, 3.05) is 7.11 Å². The number of esters is 1. The summed E-state index contributed by atoms with van der Waals surface area (Å²) >= 11 is 0. The van der Waals surface area contributed by atoms with Crippen molar-refractivity contribution in [3.63, 3.8) is 0 Å². The Balaban J connectivity index is 1.87. The van der Waals surface area contributed by atoms with Gasteiger partial charge in [0.05, 0.1) is 19.2 Å². The molecule has 0 N–H and O–H groups in total. The number of nitrogens with zero attached hydrogens (tertiary/aromatic N) is 3. The third-order valence-electron chi connectivity index (χ3n) is 4.64. The molecule has 4 aromatic rings. The fourth-order valence-corrected chi connectivity index (χ4v) is 3.25. The van der Waals surface area contributed by atoms with Gasteiger partial charge in [-0.3, -0.25) is 14.2 Å². The minimum atomic E-state index is -0.336. The summed E-state index contributed by atoms with van der Waals surface area (Å²) in [6.07, 6.45) is 2.19. The summed E-state index contributed by atoms with van der Waals surface area (Å²) in [7, 11) is 1.35. The molecular formula is C23H19N3O3. The number of hydrogen-bond acceptors (Lipinski definition) is 5. The first-order chi connectivity index (χ1) is 14.2. The first kappa shape index (κ1) is 18.6. The fourth-order valence-electron chi connectivity index (χ4n) is 3.25. The number of ether oxygens (including phenoxy) is 1. The summed E-state index contributed by atoms with van der Waals surface area (Å²) < 4.78 is 6.31. The van der Waals surface area contributed by atoms with Crippen LogP contribution in [0, 0.1) is 0 Å². The van der Waals surface area contributed by atoms with Crippen LogP contribution in [0.3, 0.4) is 0 Å². The topological polar surface area (TPSA) is 74.1 Å². The molecular weight excluding hydrogens is 366 g/mol. The maximum Gasteiger partial charge on any atom is 0.309 e. The van der Waals surface area contributed by atoms with Crippen LogP contribution in [0.2, 0.25) is 0 Å². The Hall–Kier alpha value is -3.80. The number of benzene rings is 2. The minimum Gasteiger partial charge on any atom is -0.469 e. The van der Waals surface area contributed by atoms with E-state index < -0.39 is 0 Å². The minimum absolute atomic E-state index is 0.131. The van der Waals surface area contributed by atoms with Gasteiger partial charge in [-0.2, -0.15) is 0 Å². The zero-order valence-corrected chi connectivity index (χ0v) is 15.9. The van der Waals surface area contributed by atoms with Gasteiger partial charge in [0, 0.05) is 12.6 Å². The zero-order valence-electron chi connectivity index (χ0n) is 15.9. The van der Waals surface area contributed by atoms with Gasteiger partial charge in [0.2, 0.25) is 0 Å². The van der Waals surface area contributed by atoms with E-state index in [2.05, 4.69) is 9.97 Å². The Morgan fingerprint density at radius 2 is 1.79 bits per heavy atom. The molecule has 6 heteroatoms. The molecule has 0 bridgehead atoms. The van der Waals surface area contributed by atoms with E-state index in [4.69, 9.17) is 4.74 Å². The Kier molecular flexibility index (Phi) is 5.16. The highest BCUT2D eigenvalue weighted by Gasteiger charge is 2.15. The monoisotopic (exact) mass is 385 g/mol. The third kappa shape index (κ3) is 3.91. The lowest BCUT2D eigenvalue weighted by Crippen LogP contribution is -2.25. The second-order valence-corrected chi connectivity index (χ2v) is 6.63. The second kappa shape index (κ2) is 8.06. The molecule has 6 nitrogen and oxygen atoms in total. The summed E-state index contributed by atoms with van der Waals surface area (Å²) in [5.74, 6) is -0.336. The molecule has 0 aliphatic carbocycles. The summed E-state index contributed by atoms with van der Waals surface area (Å²) in [6.45, 7) is 0. The third-order valence-corrected chi connectivity index (χ3v) is 4.64. The van der Waals surface area contributed by atoms with Crippen LogP contribution in [-0.2, 0) is 22.4 Å². The normalized spacial score (nSPS) is 10.8. The summed E-state index contributed by atoms with van der Waals surface area (Å²) in [4.78, 5) is 34.0. The van der Waals surface area contributed by atoms with Crippen molar-refractivity contribution in [2.24, 2.45) is 0 Å². The highest BCUT2D eigenvalue weighted by atomic mass is 16.5. The van der Waals surface area contributed by atoms with E-state index in [1.165, 1.54) is 7.11 Å². The maximum absolute atomic E-state index is 13.3. The molecule has 144 valence electrons. The van der Waals surface area contributed by atoms with Crippen LogP contribution in [0.25, 0.3) is 16.9 Å². The smallest absolute Gasteiger partial charge is 0.309 e. The van der Waals surface area contributed by atoms with E-state index in [1.807, 2.05) is 54.6 Å². The molecule has 2 aromatic heterocycles. The number of aromatic nitrogens is 3. The summed E-state index contributed by atoms with van der Waals surface area (Å²) in [5, 5.41) is 0. The Morgan fingerprint density at radius 3 is 2.59 bits per heavy atom. The Morgan fingerprint density at radius 1 is 1.00 bits per heavy atom. The van der Waals surface area contributed by atoms with E-state index in [1.54, 1.807) is 22.9 Å². The van der Waals surface area contributed by atoms with Crippen LogP contribution >= 0.6 is 0 Å². The molecule has 0 atom stereocenters. The van der Waals surface area contributed by atoms with Crippen LogP contribution in [0.5, 0.6) is 0 Å². The van der Waals surface area contributed by atoms with E-state index in [0.717, 1.165) is 11.1 Å². The highest BCUT2D eigenvalue weighted by Crippen LogP contribution is 2.16. The molecule has 2 aromatic carbocycles. The lowest BCUT2D eigenvalue weighted by atomic mass is 10.1. The van der Waals surface area contributed by atoms with Gasteiger partial charge in [-0.25, -0.2) is 9.97 Å². The molecule has 0 fully saturated rings. The zero-order chi connectivity index (χ0) is 20.2. The summed E-state index contributed by atoms with van der Waals surface area (Å²) in [6, 6.07) is 20.6. The van der Waals surface area contributed by atoms with E-state index in [9.17, 15) is 9.59 Å². The van der Waals surface area contributed by atoms with Gasteiger partial charge in [0.25, 0.3) is 5.56 Å². The SMILES string of the molecule is COC(=O)Cc1cccc(-n2c(=O)c(Cc3ccccc3)nc3cccnc32)c1. The average Bonchev–Trinajstić information content (AvgIpc) is 2.75. The Bertz CT molecular complexity index is 1230. The van der Waals surface area contributed by atoms with Gasteiger partial charge < -0.3 is 4.74 Å². The van der Waals surface area contributed by atoms with Crippen molar-refractivity contribution in [1.82, 2.24) is 14.5 Å². The number of fused-ring (bicyclic) bond motifs is 1. The molecule has 0 spiro atoms. The number of carbonyl (C=O) groups is 1. The van der Waals surface area contributed by atoms with Gasteiger partial charge in [0.1, 0.15) is 11.2 Å². The van der Waals surface area contributed by atoms with Gasteiger partial charge >= 0.3 is 5.97 Å². The summed E-state index contributed by atoms with van der Waals surface area (Å²) in [5.41, 5.74) is 3.72. The van der Waals surface area contributed by atoms with Crippen molar-refractivity contribution < 1.29 is 9.53 Å². The molecule has 29 heavy (non-hydrogen) atoms. The fraction of sp³-hybridized carbons (Fsp3) is 0.130. The predicted octanol–water partition coefficient (Wildman–Crippen LogP) is 3.09. The number of methoxy groups -OCH3 is 1. The van der Waals surface area contributed by atoms with E-state index in [0.29, 0.717) is 29.0 Å². The molecule has 0 aliphatic rings. The van der Waals surface area contributed by atoms with Crippen LogP contribution in [-0.4, -0.2) is 27.6 Å². The number of hydrogen-bond donors (Lipinski definition) is 0. The average molecular weight is 385 g/mol. The van der Waals surface area contributed by atoms with Crippen LogP contribution in [0.1, 0.15) is 16.8 Å². The van der Waals surface area contributed by atoms with Crippen molar-refractivity contribution in [3.05, 3.63) is 100 Å². The molecule has 0 amide bonds. The first-order valence-electron chi connectivity index (χ1n) is 9.22. The number of pyridine rings is 1. The largest absolute Gasteiger partial charge is 0.469 e. The first-order valence-corrected chi connectivity index (χ1v) is 9.22. The number of carbonyl (C=O) groups excluding carboxylic acids is 1. The molecule has 0 radical (unpaired) electrons. The van der Waals surface area contributed by atoms with Crippen molar-refractivity contribution in [3.8, 4) is 5.69 Å².